The summed E-state index contributed by atoms with van der Waals surface area (Å²) in [6.07, 6.45) is 0. The molecule has 0 fully saturated rings. The number of benzene rings is 7. The molecule has 11 aromatic rings. The monoisotopic (exact) mass is 1160 g/mol. The molecule has 4 aromatic heterocycles. The lowest BCUT2D eigenvalue weighted by Crippen LogP contribution is -2.15. The average Bonchev–Trinajstić information content (AvgIpc) is 3.69. The first-order valence-corrected chi connectivity index (χ1v) is 21.2. The summed E-state index contributed by atoms with van der Waals surface area (Å²) in [7, 11) is 0. The van der Waals surface area contributed by atoms with E-state index in [9.17, 15) is 9.59 Å². The fourth-order valence-corrected chi connectivity index (χ4v) is 12.7. The van der Waals surface area contributed by atoms with Gasteiger partial charge < -0.3 is 0 Å². The van der Waals surface area contributed by atoms with Crippen molar-refractivity contribution in [3.05, 3.63) is 105 Å². The Morgan fingerprint density at radius 3 is 1.00 bits per heavy atom. The quantitative estimate of drug-likeness (QED) is 0.112. The van der Waals surface area contributed by atoms with Gasteiger partial charge >= 0.3 is 0 Å². The smallest absolute Gasteiger partial charge is 0.265 e. The maximum atomic E-state index is 14.7. The van der Waals surface area contributed by atoms with Crippen LogP contribution in [0.4, 0.5) is 0 Å². The van der Waals surface area contributed by atoms with Gasteiger partial charge in [0.05, 0.1) is 32.8 Å². The molecule has 0 saturated carbocycles. The van der Waals surface area contributed by atoms with E-state index in [1.54, 1.807) is 8.80 Å². The normalized spacial score (nSPS) is 13.0. The van der Waals surface area contributed by atoms with Crippen molar-refractivity contribution >= 4 is 225 Å². The van der Waals surface area contributed by atoms with Gasteiger partial charge in [0.2, 0.25) is 0 Å². The predicted octanol–water partition coefficient (Wildman–Crippen LogP) is 13.3. The van der Waals surface area contributed by atoms with E-state index in [4.69, 9.17) is 9.97 Å². The number of imidazole rings is 2. The minimum Gasteiger partial charge on any atom is -0.268 e. The van der Waals surface area contributed by atoms with Crippen LogP contribution >= 0.6 is 127 Å². The first kappa shape index (κ1) is 31.5. The molecule has 6 nitrogen and oxygen atoms in total. The second kappa shape index (κ2) is 10.3. The lowest BCUT2D eigenvalue weighted by molar-refractivity contribution is 1.18. The Kier molecular flexibility index (Phi) is 6.51. The Bertz CT molecular complexity index is 3320. The summed E-state index contributed by atoms with van der Waals surface area (Å²) >= 11 is 31.7. The molecular weight excluding hydrogens is 1160 g/mol. The van der Waals surface area contributed by atoms with E-state index >= 15 is 0 Å². The molecule has 0 aliphatic heterocycles. The molecule has 0 atom stereocenters. The van der Waals surface area contributed by atoms with Gasteiger partial charge in [-0.15, -0.1) is 0 Å². The zero-order valence-corrected chi connectivity index (χ0v) is 36.9. The van der Waals surface area contributed by atoms with Crippen molar-refractivity contribution in [2.24, 2.45) is 0 Å². The highest BCUT2D eigenvalue weighted by atomic mass is 79.9. The van der Waals surface area contributed by atoms with Crippen molar-refractivity contribution < 1.29 is 0 Å². The Morgan fingerprint density at radius 1 is 0.360 bits per heavy atom. The van der Waals surface area contributed by atoms with Crippen molar-refractivity contribution in [3.63, 3.8) is 0 Å². The highest BCUT2D eigenvalue weighted by molar-refractivity contribution is 9.14. The highest BCUT2D eigenvalue weighted by Crippen LogP contribution is 2.59. The molecule has 0 radical (unpaired) electrons. The number of fused-ring (bicyclic) bond motifs is 10. The Labute approximate surface area is 345 Å². The van der Waals surface area contributed by atoms with Gasteiger partial charge in [0.1, 0.15) is 11.3 Å². The van der Waals surface area contributed by atoms with Gasteiger partial charge in [0.15, 0.2) is 0 Å². The number of aromatic nitrogens is 4. The van der Waals surface area contributed by atoms with Gasteiger partial charge in [0, 0.05) is 89.6 Å². The van der Waals surface area contributed by atoms with Crippen LogP contribution < -0.4 is 11.1 Å². The Morgan fingerprint density at radius 2 is 0.640 bits per heavy atom. The molecule has 7 aromatic carbocycles. The third-order valence-corrected chi connectivity index (χ3v) is 18.4. The fourth-order valence-electron chi connectivity index (χ4n) is 8.04. The molecule has 0 bridgehead atoms. The highest BCUT2D eigenvalue weighted by Gasteiger charge is 2.33. The van der Waals surface area contributed by atoms with E-state index < -0.39 is 0 Å². The second-order valence-corrected chi connectivity index (χ2v) is 18.5. The van der Waals surface area contributed by atoms with Gasteiger partial charge in [0.25, 0.3) is 11.1 Å². The summed E-state index contributed by atoms with van der Waals surface area (Å²) < 4.78 is 9.17. The molecule has 4 heterocycles. The summed E-state index contributed by atoms with van der Waals surface area (Å²) in [6.45, 7) is 0. The summed E-state index contributed by atoms with van der Waals surface area (Å²) in [5, 5.41) is 9.44. The van der Waals surface area contributed by atoms with E-state index in [-0.39, 0.29) is 11.1 Å². The number of hydrogen-bond donors (Lipinski definition) is 0. The van der Waals surface area contributed by atoms with Crippen LogP contribution in [0.5, 0.6) is 0 Å². The van der Waals surface area contributed by atoms with Crippen LogP contribution in [0.15, 0.2) is 93.9 Å². The Hall–Kier alpha value is -2.04. The van der Waals surface area contributed by atoms with Gasteiger partial charge in [-0.1, -0.05) is 24.3 Å². The van der Waals surface area contributed by atoms with Crippen LogP contribution in [-0.2, 0) is 0 Å². The minimum atomic E-state index is -0.179. The van der Waals surface area contributed by atoms with E-state index in [1.807, 2.05) is 48.5 Å². The minimum absolute atomic E-state index is 0.179. The third kappa shape index (κ3) is 3.46. The number of halogens is 8. The first-order chi connectivity index (χ1) is 24.0. The number of para-hydroxylation sites is 4. The van der Waals surface area contributed by atoms with Gasteiger partial charge in [-0.2, -0.15) is 0 Å². The van der Waals surface area contributed by atoms with E-state index in [0.717, 1.165) is 93.8 Å². The largest absolute Gasteiger partial charge is 0.268 e. The van der Waals surface area contributed by atoms with E-state index in [1.165, 1.54) is 0 Å². The summed E-state index contributed by atoms with van der Waals surface area (Å²) in [6, 6.07) is 15.3. The molecule has 11 rings (SSSR count). The van der Waals surface area contributed by atoms with Crippen LogP contribution in [0.25, 0.3) is 98.0 Å². The molecule has 0 aliphatic carbocycles. The molecule has 14 heteroatoms. The first-order valence-electron chi connectivity index (χ1n) is 14.8. The molecule has 0 N–H and O–H groups in total. The third-order valence-electron chi connectivity index (χ3n) is 9.93. The second-order valence-electron chi connectivity index (χ2n) is 12.1. The average molecular weight is 1170 g/mol. The lowest BCUT2D eigenvalue weighted by atomic mass is 9.86. The van der Waals surface area contributed by atoms with E-state index in [2.05, 4.69) is 127 Å². The molecule has 0 spiro atoms. The SMILES string of the molecule is O=c1c2c(Br)c(Br)c3c4c(Br)c(Br)c5c(=O)n6c7ccccc7nc6c6c(Br)c(Br)c(c7c(Br)c(Br)c(c2c37)c2nc3ccccc3n12)c4c56. The van der Waals surface area contributed by atoms with Crippen LogP contribution in [0.1, 0.15) is 0 Å². The maximum absolute atomic E-state index is 14.7. The van der Waals surface area contributed by atoms with Gasteiger partial charge in [-0.25, -0.2) is 9.97 Å². The molecule has 0 amide bonds. The van der Waals surface area contributed by atoms with Crippen molar-refractivity contribution in [2.45, 2.75) is 0 Å². The fraction of sp³-hybridized carbons (Fsp3) is 0. The van der Waals surface area contributed by atoms with Gasteiger partial charge in [-0.05, 0) is 152 Å². The molecule has 0 aliphatic rings. The predicted molar refractivity (Wildman–Crippen MR) is 232 cm³/mol. The molecule has 0 saturated heterocycles. The van der Waals surface area contributed by atoms with Crippen LogP contribution in [0.3, 0.4) is 0 Å². The van der Waals surface area contributed by atoms with Crippen molar-refractivity contribution in [3.8, 4) is 0 Å². The molecule has 50 heavy (non-hydrogen) atoms. The number of nitrogens with zero attached hydrogens (tertiary/aromatic N) is 4. The zero-order chi connectivity index (χ0) is 34.4. The van der Waals surface area contributed by atoms with Crippen molar-refractivity contribution in [1.29, 1.82) is 0 Å². The van der Waals surface area contributed by atoms with Crippen molar-refractivity contribution in [2.75, 3.05) is 0 Å². The molecule has 240 valence electrons. The standard InChI is InChI=1S/C36H8Br8N4O2/c37-25-17-13-15-21(29(25)41)33-45-9-5-1-3-7-11(9)47(33)35(49)23(15)31(43)27(39)19(13)20-14-16-22(30(42)26(38)18(14)17)34-46-10-6-2-4-8-12(10)48(34)36(50)24(16)32(44)28(20)40/h1-8H. The number of rotatable bonds is 0. The zero-order valence-electron chi connectivity index (χ0n) is 24.2. The van der Waals surface area contributed by atoms with Gasteiger partial charge in [-0.3, -0.25) is 18.4 Å². The lowest BCUT2D eigenvalue weighted by Gasteiger charge is -2.24. The topological polar surface area (TPSA) is 68.7 Å². The van der Waals surface area contributed by atoms with Crippen LogP contribution in [0, 0.1) is 0 Å². The van der Waals surface area contributed by atoms with Crippen molar-refractivity contribution in [1.82, 2.24) is 18.8 Å². The maximum Gasteiger partial charge on any atom is 0.265 e. The summed E-state index contributed by atoms with van der Waals surface area (Å²) in [4.78, 5) is 39.4. The molecule has 0 unspecified atom stereocenters. The molecular formula is C36H8Br8N4O2. The van der Waals surface area contributed by atoms with E-state index in [0.29, 0.717) is 40.0 Å². The number of hydrogen-bond acceptors (Lipinski definition) is 4. The number of pyridine rings is 2. The van der Waals surface area contributed by atoms with Crippen LogP contribution in [-0.4, -0.2) is 18.8 Å². The Balaban J connectivity index is 1.55. The summed E-state index contributed by atoms with van der Waals surface area (Å²) in [5.74, 6) is 0. The summed E-state index contributed by atoms with van der Waals surface area (Å²) in [5.41, 5.74) is 3.68. The van der Waals surface area contributed by atoms with Crippen LogP contribution in [0.2, 0.25) is 0 Å².